The van der Waals surface area contributed by atoms with E-state index in [1.54, 1.807) is 14.2 Å². The fraction of sp³-hybridized carbons (Fsp3) is 0.355. The van der Waals surface area contributed by atoms with Gasteiger partial charge >= 0.3 is 11.9 Å². The van der Waals surface area contributed by atoms with E-state index in [1.807, 2.05) is 86.6 Å². The third-order valence-electron chi connectivity index (χ3n) is 6.16. The highest BCUT2D eigenvalue weighted by Crippen LogP contribution is 2.30. The second-order valence-corrected chi connectivity index (χ2v) is 9.52. The van der Waals surface area contributed by atoms with Crippen LogP contribution in [0.25, 0.3) is 11.1 Å². The highest BCUT2D eigenvalue weighted by molar-refractivity contribution is 5.80. The molecule has 0 heterocycles. The molecule has 38 heavy (non-hydrogen) atoms. The summed E-state index contributed by atoms with van der Waals surface area (Å²) in [7, 11) is 4.57. The van der Waals surface area contributed by atoms with Gasteiger partial charge in [0, 0.05) is 6.07 Å². The number of methoxy groups -OCH3 is 3. The Kier molecular flexibility index (Phi) is 10.7. The molecule has 3 aromatic carbocycles. The SMILES string of the molecule is COC(=O)[C@H](Cc1cccc(-c2cc(OC)cc(OC)c2)c1)N[C@@H](CC(C)C)C(=O)OCc1ccccc1. The van der Waals surface area contributed by atoms with Crippen molar-refractivity contribution < 1.29 is 28.5 Å². The number of esters is 2. The molecule has 0 bridgehead atoms. The standard InChI is InChI=1S/C31H37NO6/c1-21(2)14-28(31(34)38-20-22-10-7-6-8-11-22)32-29(30(33)37-5)16-23-12-9-13-24(15-23)25-17-26(35-3)19-27(18-25)36-4/h6-13,15,17-19,21,28-29,32H,14,16,20H2,1-5H3/t28-,29-/m0/s1. The zero-order chi connectivity index (χ0) is 27.5. The van der Waals surface area contributed by atoms with Crippen molar-refractivity contribution in [3.63, 3.8) is 0 Å². The van der Waals surface area contributed by atoms with Gasteiger partial charge in [-0.05, 0) is 53.1 Å². The van der Waals surface area contributed by atoms with E-state index < -0.39 is 24.0 Å². The lowest BCUT2D eigenvalue weighted by Crippen LogP contribution is -2.49. The molecule has 0 aliphatic heterocycles. The number of ether oxygens (including phenoxy) is 4. The third-order valence-corrected chi connectivity index (χ3v) is 6.16. The minimum Gasteiger partial charge on any atom is -0.497 e. The number of hydrogen-bond acceptors (Lipinski definition) is 7. The molecule has 0 aliphatic rings. The molecular formula is C31H37NO6. The van der Waals surface area contributed by atoms with Gasteiger partial charge in [0.1, 0.15) is 30.2 Å². The van der Waals surface area contributed by atoms with Crippen molar-refractivity contribution in [1.29, 1.82) is 0 Å². The van der Waals surface area contributed by atoms with Gasteiger partial charge in [-0.25, -0.2) is 0 Å². The molecule has 0 saturated heterocycles. The second-order valence-electron chi connectivity index (χ2n) is 9.52. The number of carbonyl (C=O) groups is 2. The number of benzene rings is 3. The van der Waals surface area contributed by atoms with Gasteiger partial charge in [-0.1, -0.05) is 68.4 Å². The van der Waals surface area contributed by atoms with Crippen LogP contribution in [-0.2, 0) is 32.1 Å². The van der Waals surface area contributed by atoms with E-state index in [2.05, 4.69) is 5.32 Å². The second kappa shape index (κ2) is 14.2. The van der Waals surface area contributed by atoms with Crippen molar-refractivity contribution in [2.45, 2.75) is 45.4 Å². The summed E-state index contributed by atoms with van der Waals surface area (Å²) in [4.78, 5) is 25.8. The quantitative estimate of drug-likeness (QED) is 0.311. The Labute approximate surface area is 225 Å². The predicted octanol–water partition coefficient (Wildman–Crippen LogP) is 5.20. The van der Waals surface area contributed by atoms with Gasteiger partial charge in [0.05, 0.1) is 21.3 Å². The number of rotatable bonds is 13. The Morgan fingerprint density at radius 1 is 0.737 bits per heavy atom. The molecule has 202 valence electrons. The fourth-order valence-electron chi connectivity index (χ4n) is 4.22. The smallest absolute Gasteiger partial charge is 0.323 e. The first-order valence-corrected chi connectivity index (χ1v) is 12.7. The summed E-state index contributed by atoms with van der Waals surface area (Å²) < 4.78 is 21.5. The maximum Gasteiger partial charge on any atom is 0.323 e. The maximum atomic E-state index is 13.1. The van der Waals surface area contributed by atoms with Crippen LogP contribution in [0.5, 0.6) is 11.5 Å². The van der Waals surface area contributed by atoms with Gasteiger partial charge in [-0.2, -0.15) is 0 Å². The van der Waals surface area contributed by atoms with Crippen LogP contribution in [0.2, 0.25) is 0 Å². The largest absolute Gasteiger partial charge is 0.497 e. The summed E-state index contributed by atoms with van der Waals surface area (Å²) in [5.74, 6) is 0.743. The molecule has 0 spiro atoms. The van der Waals surface area contributed by atoms with Crippen molar-refractivity contribution in [3.05, 3.63) is 83.9 Å². The summed E-state index contributed by atoms with van der Waals surface area (Å²) in [5, 5.41) is 3.23. The predicted molar refractivity (Wildman–Crippen MR) is 147 cm³/mol. The lowest BCUT2D eigenvalue weighted by atomic mass is 9.97. The monoisotopic (exact) mass is 519 g/mol. The molecule has 0 amide bonds. The fourth-order valence-corrected chi connectivity index (χ4v) is 4.22. The molecule has 7 nitrogen and oxygen atoms in total. The number of carbonyl (C=O) groups excluding carboxylic acids is 2. The Balaban J connectivity index is 1.80. The van der Waals surface area contributed by atoms with E-state index in [0.29, 0.717) is 24.3 Å². The normalized spacial score (nSPS) is 12.5. The van der Waals surface area contributed by atoms with Gasteiger partial charge in [-0.15, -0.1) is 0 Å². The summed E-state index contributed by atoms with van der Waals surface area (Å²) in [6.07, 6.45) is 0.854. The van der Waals surface area contributed by atoms with E-state index in [4.69, 9.17) is 18.9 Å². The van der Waals surface area contributed by atoms with E-state index in [1.165, 1.54) is 7.11 Å². The van der Waals surface area contributed by atoms with Gasteiger partial charge in [0.2, 0.25) is 0 Å². The topological polar surface area (TPSA) is 83.1 Å². The van der Waals surface area contributed by atoms with Gasteiger partial charge in [0.15, 0.2) is 0 Å². The minimum absolute atomic E-state index is 0.172. The molecule has 0 aromatic heterocycles. The van der Waals surface area contributed by atoms with Crippen molar-refractivity contribution >= 4 is 11.9 Å². The zero-order valence-electron chi connectivity index (χ0n) is 22.7. The van der Waals surface area contributed by atoms with Crippen LogP contribution in [0.3, 0.4) is 0 Å². The van der Waals surface area contributed by atoms with Crippen molar-refractivity contribution in [2.75, 3.05) is 21.3 Å². The molecule has 7 heteroatoms. The average molecular weight is 520 g/mol. The molecule has 2 atom stereocenters. The molecule has 0 unspecified atom stereocenters. The first kappa shape index (κ1) is 28.7. The maximum absolute atomic E-state index is 13.1. The average Bonchev–Trinajstić information content (AvgIpc) is 2.94. The number of hydrogen-bond donors (Lipinski definition) is 1. The first-order chi connectivity index (χ1) is 18.3. The Hall–Kier alpha value is -3.84. The Morgan fingerprint density at radius 3 is 2.00 bits per heavy atom. The van der Waals surface area contributed by atoms with Gasteiger partial charge in [0.25, 0.3) is 0 Å². The van der Waals surface area contributed by atoms with Crippen molar-refractivity contribution in [1.82, 2.24) is 5.32 Å². The summed E-state index contributed by atoms with van der Waals surface area (Å²) >= 11 is 0. The van der Waals surface area contributed by atoms with Crippen LogP contribution in [0, 0.1) is 5.92 Å². The molecule has 0 radical (unpaired) electrons. The molecule has 3 aromatic rings. The van der Waals surface area contributed by atoms with E-state index in [0.717, 1.165) is 22.3 Å². The molecule has 0 fully saturated rings. The van der Waals surface area contributed by atoms with Crippen LogP contribution < -0.4 is 14.8 Å². The summed E-state index contributed by atoms with van der Waals surface area (Å²) in [6, 6.07) is 21.7. The first-order valence-electron chi connectivity index (χ1n) is 12.7. The van der Waals surface area contributed by atoms with Crippen LogP contribution >= 0.6 is 0 Å². The highest BCUT2D eigenvalue weighted by Gasteiger charge is 2.29. The Morgan fingerprint density at radius 2 is 1.39 bits per heavy atom. The minimum atomic E-state index is -0.733. The lowest BCUT2D eigenvalue weighted by Gasteiger charge is -2.24. The van der Waals surface area contributed by atoms with Crippen LogP contribution in [-0.4, -0.2) is 45.4 Å². The lowest BCUT2D eigenvalue weighted by molar-refractivity contribution is -0.149. The molecule has 1 N–H and O–H groups in total. The number of nitrogens with one attached hydrogen (secondary N) is 1. The molecular weight excluding hydrogens is 482 g/mol. The van der Waals surface area contributed by atoms with Crippen molar-refractivity contribution in [2.24, 2.45) is 5.92 Å². The van der Waals surface area contributed by atoms with Crippen LogP contribution in [0.15, 0.2) is 72.8 Å². The van der Waals surface area contributed by atoms with Crippen LogP contribution in [0.1, 0.15) is 31.4 Å². The van der Waals surface area contributed by atoms with E-state index in [-0.39, 0.29) is 12.5 Å². The van der Waals surface area contributed by atoms with Crippen LogP contribution in [0.4, 0.5) is 0 Å². The Bertz CT molecular complexity index is 1170. The summed E-state index contributed by atoms with van der Waals surface area (Å²) in [5.41, 5.74) is 3.69. The summed E-state index contributed by atoms with van der Waals surface area (Å²) in [6.45, 7) is 4.22. The third kappa shape index (κ3) is 8.35. The molecule has 3 rings (SSSR count). The zero-order valence-corrected chi connectivity index (χ0v) is 22.7. The van der Waals surface area contributed by atoms with Crippen molar-refractivity contribution in [3.8, 4) is 22.6 Å². The van der Waals surface area contributed by atoms with E-state index in [9.17, 15) is 9.59 Å². The molecule has 0 saturated carbocycles. The van der Waals surface area contributed by atoms with E-state index >= 15 is 0 Å². The van der Waals surface area contributed by atoms with Gasteiger partial charge in [-0.3, -0.25) is 14.9 Å². The van der Waals surface area contributed by atoms with Gasteiger partial charge < -0.3 is 18.9 Å². The molecule has 0 aliphatic carbocycles. The highest BCUT2D eigenvalue weighted by atomic mass is 16.5.